The van der Waals surface area contributed by atoms with Gasteiger partial charge in [-0.3, -0.25) is 15.0 Å². The highest BCUT2D eigenvalue weighted by molar-refractivity contribution is 6.64. The molecule has 0 radical (unpaired) electrons. The molecule has 5 heterocycles. The van der Waals surface area contributed by atoms with Crippen LogP contribution >= 0.6 is 0 Å². The van der Waals surface area contributed by atoms with Crippen LogP contribution in [0.2, 0.25) is 0 Å². The number of pyridine rings is 3. The monoisotopic (exact) mass is 1260 g/mol. The van der Waals surface area contributed by atoms with Gasteiger partial charge in [0.1, 0.15) is 0 Å². The summed E-state index contributed by atoms with van der Waals surface area (Å²) in [5.41, 5.74) is 23.7. The number of hydrogen-bond donors (Lipinski definition) is 0. The predicted octanol–water partition coefficient (Wildman–Crippen LogP) is 21.0. The summed E-state index contributed by atoms with van der Waals surface area (Å²) in [6, 6.07) is 77.7. The van der Waals surface area contributed by atoms with E-state index in [4.69, 9.17) is 33.6 Å². The van der Waals surface area contributed by atoms with Crippen molar-refractivity contribution in [1.29, 1.82) is 0 Å². The first-order chi connectivity index (χ1) is 45.4. The van der Waals surface area contributed by atoms with Crippen molar-refractivity contribution in [2.24, 2.45) is 0 Å². The zero-order chi connectivity index (χ0) is 67.9. The number of benzene rings is 8. The quantitative estimate of drug-likeness (QED) is 0.113. The highest BCUT2D eigenvalue weighted by Gasteiger charge is 2.54. The van der Waals surface area contributed by atoms with E-state index < -0.39 is 36.6 Å². The second-order valence-corrected chi connectivity index (χ2v) is 31.4. The topological polar surface area (TPSA) is 75.6 Å². The third-order valence-corrected chi connectivity index (χ3v) is 20.5. The van der Waals surface area contributed by atoms with Crippen LogP contribution in [0.15, 0.2) is 231 Å². The average Bonchev–Trinajstić information content (AvgIpc) is 1.24. The van der Waals surface area contributed by atoms with Crippen molar-refractivity contribution >= 4 is 25.2 Å². The van der Waals surface area contributed by atoms with E-state index in [0.29, 0.717) is 0 Å². The lowest BCUT2D eigenvalue weighted by Gasteiger charge is -2.32. The second-order valence-electron chi connectivity index (χ2n) is 31.4. The highest BCUT2D eigenvalue weighted by atomic mass is 16.7. The third kappa shape index (κ3) is 12.8. The van der Waals surface area contributed by atoms with Crippen LogP contribution in [0.5, 0.6) is 0 Å². The van der Waals surface area contributed by atoms with Crippen LogP contribution in [0.3, 0.4) is 0 Å². The normalized spacial score (nSPS) is 15.9. The van der Waals surface area contributed by atoms with Gasteiger partial charge in [-0.25, -0.2) is 0 Å². The molecule has 9 heteroatoms. The first-order valence-electron chi connectivity index (χ1n) is 34.0. The molecular weight excluding hydrogens is 1170 g/mol. The Morgan fingerprint density at radius 1 is 0.250 bits per heavy atom. The molecule has 0 atom stereocenters. The van der Waals surface area contributed by atoms with Crippen molar-refractivity contribution in [1.82, 2.24) is 15.0 Å². The maximum Gasteiger partial charge on any atom is 0.495 e. The van der Waals surface area contributed by atoms with E-state index >= 15 is 0 Å². The van der Waals surface area contributed by atoms with E-state index in [2.05, 4.69) is 330 Å². The largest absolute Gasteiger partial charge is 0.495 e. The van der Waals surface area contributed by atoms with E-state index in [-0.39, 0.29) is 16.2 Å². The first-order valence-corrected chi connectivity index (χ1v) is 34.0. The summed E-state index contributed by atoms with van der Waals surface area (Å²) >= 11 is 0. The fourth-order valence-electron chi connectivity index (χ4n) is 13.2. The van der Waals surface area contributed by atoms with E-state index in [1.165, 1.54) is 16.7 Å². The average molecular weight is 1260 g/mol. The Bertz CT molecular complexity index is 4520. The molecule has 2 saturated heterocycles. The van der Waals surface area contributed by atoms with Crippen molar-refractivity contribution in [3.8, 4) is 112 Å². The zero-order valence-corrected chi connectivity index (χ0v) is 59.1. The molecule has 482 valence electrons. The lowest BCUT2D eigenvalue weighted by Crippen LogP contribution is -2.41. The summed E-state index contributed by atoms with van der Waals surface area (Å²) < 4.78 is 28.1. The number of aromatic nitrogens is 3. The van der Waals surface area contributed by atoms with Gasteiger partial charge in [-0.1, -0.05) is 214 Å². The molecular formula is C87H89B2N3O4. The van der Waals surface area contributed by atoms with Crippen molar-refractivity contribution < 1.29 is 18.6 Å². The number of hydrogen-bond acceptors (Lipinski definition) is 7. The van der Waals surface area contributed by atoms with Gasteiger partial charge in [-0.05, 0) is 249 Å². The van der Waals surface area contributed by atoms with Crippen LogP contribution in [0.4, 0.5) is 0 Å². The minimum Gasteiger partial charge on any atom is -0.399 e. The molecule has 2 aliphatic heterocycles. The summed E-state index contributed by atoms with van der Waals surface area (Å²) in [5, 5.41) is 0. The first kappa shape index (κ1) is 65.8. The van der Waals surface area contributed by atoms with E-state index in [0.717, 1.165) is 123 Å². The highest BCUT2D eigenvalue weighted by Crippen LogP contribution is 2.47. The maximum absolute atomic E-state index is 7.04. The van der Waals surface area contributed by atoms with Crippen molar-refractivity contribution in [3.05, 3.63) is 248 Å². The Kier molecular flexibility index (Phi) is 16.9. The van der Waals surface area contributed by atoms with Crippen molar-refractivity contribution in [2.75, 3.05) is 0 Å². The molecule has 3 aromatic heterocycles. The molecule has 0 saturated carbocycles. The number of nitrogens with zero attached hydrogens (tertiary/aromatic N) is 3. The molecule has 11 aromatic rings. The summed E-state index contributed by atoms with van der Waals surface area (Å²) in [6.07, 6.45) is 5.79. The summed E-state index contributed by atoms with van der Waals surface area (Å²) in [4.78, 5) is 14.9. The summed E-state index contributed by atoms with van der Waals surface area (Å²) in [5.74, 6) is 0. The number of rotatable bonds is 12. The SMILES string of the molecule is CC(C)(C)c1ccnc(-c2ccc(-c3ccccc3-c3cc(-c4ccccc4-c4ccc(-c5cc(C(C)(C)C)ccn5)cc4B4OC(C)(C)C(C)(C)O4)cc(-c4ccccc4-c4ccc(-c5cc(C(C)(C)C)ccn5)cc4-c4ccccc4)c3)c(B3OC(C)(C)C(C)(C)O3)c2)c1. The van der Waals surface area contributed by atoms with Gasteiger partial charge in [0.2, 0.25) is 0 Å². The minimum absolute atomic E-state index is 0.0405. The van der Waals surface area contributed by atoms with Gasteiger partial charge < -0.3 is 18.6 Å². The van der Waals surface area contributed by atoms with Crippen molar-refractivity contribution in [2.45, 2.75) is 156 Å². The van der Waals surface area contributed by atoms with Crippen LogP contribution in [0.25, 0.3) is 112 Å². The lowest BCUT2D eigenvalue weighted by molar-refractivity contribution is 0.00578. The molecule has 7 nitrogen and oxygen atoms in total. The smallest absolute Gasteiger partial charge is 0.399 e. The maximum atomic E-state index is 7.04. The van der Waals surface area contributed by atoms with Gasteiger partial charge in [0.25, 0.3) is 0 Å². The van der Waals surface area contributed by atoms with Gasteiger partial charge in [-0.2, -0.15) is 0 Å². The Morgan fingerprint density at radius 2 is 0.531 bits per heavy atom. The lowest BCUT2D eigenvalue weighted by atomic mass is 9.72. The summed E-state index contributed by atoms with van der Waals surface area (Å²) in [6.45, 7) is 37.2. The fraction of sp³-hybridized carbons (Fsp3) is 0.276. The van der Waals surface area contributed by atoms with Gasteiger partial charge in [0.05, 0.1) is 39.5 Å². The van der Waals surface area contributed by atoms with Crippen LogP contribution in [-0.4, -0.2) is 51.6 Å². The van der Waals surface area contributed by atoms with Gasteiger partial charge >= 0.3 is 14.2 Å². The molecule has 0 N–H and O–H groups in total. The van der Waals surface area contributed by atoms with Gasteiger partial charge in [0.15, 0.2) is 0 Å². The van der Waals surface area contributed by atoms with Crippen LogP contribution < -0.4 is 10.9 Å². The predicted molar refractivity (Wildman–Crippen MR) is 402 cm³/mol. The Balaban J connectivity index is 1.05. The second kappa shape index (κ2) is 24.7. The van der Waals surface area contributed by atoms with Gasteiger partial charge in [-0.15, -0.1) is 0 Å². The Labute approximate surface area is 571 Å². The molecule has 0 spiro atoms. The van der Waals surface area contributed by atoms with Crippen LogP contribution in [-0.2, 0) is 34.9 Å². The molecule has 0 bridgehead atoms. The molecule has 8 aromatic carbocycles. The van der Waals surface area contributed by atoms with Crippen LogP contribution in [0.1, 0.15) is 134 Å². The fourth-order valence-corrected chi connectivity index (χ4v) is 13.2. The summed E-state index contributed by atoms with van der Waals surface area (Å²) in [7, 11) is -1.34. The molecule has 96 heavy (non-hydrogen) atoms. The van der Waals surface area contributed by atoms with Crippen molar-refractivity contribution in [3.63, 3.8) is 0 Å². The minimum atomic E-state index is -0.671. The molecule has 0 aliphatic carbocycles. The Hall–Kier alpha value is -8.82. The Morgan fingerprint density at radius 3 is 0.865 bits per heavy atom. The molecule has 0 amide bonds. The third-order valence-electron chi connectivity index (χ3n) is 20.5. The molecule has 13 rings (SSSR count). The standard InChI is InChI=1S/C87H89B2N3O4/c1-81(2,3)63-41-44-90-78(53-63)57-35-38-72(75(50-57)56-27-19-18-20-28-56)69-32-24-21-29-66(69)60-47-61(67-30-22-25-33-70(67)73-39-36-58(79-54-64(42-45-91-79)82(4,5)6)51-76(73)88-93-84(10,11)85(12,13)94-88)49-62(48-60)68-31-23-26-34-71(68)74-40-37-59(80-55-65(43-46-92-80)83(7,8)9)52-77(74)89-95-86(14,15)87(16,17)96-89/h18-55H,1-17H3. The molecule has 0 unspecified atom stereocenters. The zero-order valence-electron chi connectivity index (χ0n) is 59.1. The van der Waals surface area contributed by atoms with E-state index in [1.807, 2.05) is 18.6 Å². The molecule has 2 fully saturated rings. The van der Waals surface area contributed by atoms with E-state index in [1.54, 1.807) is 0 Å². The molecule has 2 aliphatic rings. The van der Waals surface area contributed by atoms with Gasteiger partial charge in [0, 0.05) is 24.2 Å². The van der Waals surface area contributed by atoms with E-state index in [9.17, 15) is 0 Å². The van der Waals surface area contributed by atoms with Crippen LogP contribution in [0, 0.1) is 0 Å².